The summed E-state index contributed by atoms with van der Waals surface area (Å²) in [6.07, 6.45) is 18.1. The van der Waals surface area contributed by atoms with E-state index in [2.05, 4.69) is 18.7 Å². The van der Waals surface area contributed by atoms with Gasteiger partial charge in [0, 0.05) is 0 Å². The Morgan fingerprint density at radius 1 is 0.632 bits per heavy atom. The average molecular weight is 272 g/mol. The van der Waals surface area contributed by atoms with E-state index in [1.54, 1.807) is 0 Å². The van der Waals surface area contributed by atoms with Crippen LogP contribution in [0.15, 0.2) is 0 Å². The molecular weight excluding hydrogens is 236 g/mol. The molecule has 0 aromatic heterocycles. The van der Waals surface area contributed by atoms with Crippen molar-refractivity contribution in [1.82, 2.24) is 0 Å². The number of unbranched alkanes of at least 4 members (excludes halogenated alkanes) is 10. The van der Waals surface area contributed by atoms with E-state index in [1.165, 1.54) is 70.6 Å². The maximum absolute atomic E-state index is 8.80. The third-order valence-electron chi connectivity index (χ3n) is 3.91. The van der Waals surface area contributed by atoms with Gasteiger partial charge in [-0.3, -0.25) is 5.26 Å². The van der Waals surface area contributed by atoms with E-state index < -0.39 is 0 Å². The van der Waals surface area contributed by atoms with Crippen LogP contribution in [0.2, 0.25) is 0 Å². The van der Waals surface area contributed by atoms with E-state index in [0.29, 0.717) is 0 Å². The molecule has 0 saturated carbocycles. The Labute approximate surface area is 120 Å². The van der Waals surface area contributed by atoms with Crippen molar-refractivity contribution >= 4 is 0 Å². The molecular formula is C17H36O2. The molecule has 0 rings (SSSR count). The molecule has 0 fully saturated rings. The second-order valence-corrected chi connectivity index (χ2v) is 5.84. The second-order valence-electron chi connectivity index (χ2n) is 5.84. The minimum Gasteiger partial charge on any atom is -0.252 e. The summed E-state index contributed by atoms with van der Waals surface area (Å²) in [7, 11) is 0. The minimum absolute atomic E-state index is 0.0778. The largest absolute Gasteiger partial charge is 0.252 e. The number of hydrogen-bond donors (Lipinski definition) is 1. The molecule has 0 aromatic rings. The summed E-state index contributed by atoms with van der Waals surface area (Å²) in [6, 6.07) is 0. The summed E-state index contributed by atoms with van der Waals surface area (Å²) in [6.45, 7) is 4.44. The van der Waals surface area contributed by atoms with Gasteiger partial charge in [-0.25, -0.2) is 4.89 Å². The molecule has 2 nitrogen and oxygen atoms in total. The van der Waals surface area contributed by atoms with Crippen molar-refractivity contribution in [2.24, 2.45) is 0 Å². The van der Waals surface area contributed by atoms with Crippen LogP contribution in [-0.2, 0) is 4.89 Å². The summed E-state index contributed by atoms with van der Waals surface area (Å²) in [5, 5.41) is 8.80. The van der Waals surface area contributed by atoms with Crippen LogP contribution in [0.3, 0.4) is 0 Å². The van der Waals surface area contributed by atoms with E-state index in [-0.39, 0.29) is 6.10 Å². The fourth-order valence-electron chi connectivity index (χ4n) is 2.54. The molecule has 19 heavy (non-hydrogen) atoms. The van der Waals surface area contributed by atoms with Gasteiger partial charge >= 0.3 is 0 Å². The molecule has 1 N–H and O–H groups in total. The molecule has 1 unspecified atom stereocenters. The highest BCUT2D eigenvalue weighted by Gasteiger charge is 2.07. The average Bonchev–Trinajstić information content (AvgIpc) is 2.44. The Balaban J connectivity index is 3.16. The molecule has 0 aliphatic heterocycles. The van der Waals surface area contributed by atoms with Gasteiger partial charge < -0.3 is 0 Å². The van der Waals surface area contributed by atoms with Gasteiger partial charge in [-0.05, 0) is 12.8 Å². The van der Waals surface area contributed by atoms with Crippen LogP contribution in [0.1, 0.15) is 104 Å². The summed E-state index contributed by atoms with van der Waals surface area (Å²) in [5.74, 6) is 0. The third-order valence-corrected chi connectivity index (χ3v) is 3.91. The van der Waals surface area contributed by atoms with Gasteiger partial charge in [0.05, 0.1) is 6.10 Å². The number of rotatable bonds is 15. The lowest BCUT2D eigenvalue weighted by Crippen LogP contribution is -2.10. The summed E-state index contributed by atoms with van der Waals surface area (Å²) in [4.78, 5) is 4.53. The Morgan fingerprint density at radius 3 is 1.53 bits per heavy atom. The third kappa shape index (κ3) is 14.1. The molecule has 0 aromatic carbocycles. The first-order valence-electron chi connectivity index (χ1n) is 8.65. The smallest absolute Gasteiger partial charge is 0.0927 e. The molecule has 0 spiro atoms. The minimum atomic E-state index is 0.0778. The van der Waals surface area contributed by atoms with Gasteiger partial charge in [0.2, 0.25) is 0 Å². The van der Waals surface area contributed by atoms with Gasteiger partial charge in [-0.15, -0.1) is 0 Å². The van der Waals surface area contributed by atoms with E-state index in [1.807, 2.05) is 0 Å². The predicted octanol–water partition coefficient (Wildman–Crippen LogP) is 6.35. The Bertz CT molecular complexity index is 159. The first kappa shape index (κ1) is 18.9. The monoisotopic (exact) mass is 272 g/mol. The highest BCUT2D eigenvalue weighted by Crippen LogP contribution is 2.15. The van der Waals surface area contributed by atoms with Crippen LogP contribution < -0.4 is 0 Å². The molecule has 0 amide bonds. The zero-order valence-corrected chi connectivity index (χ0v) is 13.3. The predicted molar refractivity (Wildman–Crippen MR) is 83.5 cm³/mol. The summed E-state index contributed by atoms with van der Waals surface area (Å²) < 4.78 is 0. The Hall–Kier alpha value is -0.0800. The van der Waals surface area contributed by atoms with Crippen LogP contribution in [-0.4, -0.2) is 11.4 Å². The fourth-order valence-corrected chi connectivity index (χ4v) is 2.54. The van der Waals surface area contributed by atoms with Crippen LogP contribution in [0.25, 0.3) is 0 Å². The molecule has 0 heterocycles. The van der Waals surface area contributed by atoms with Gasteiger partial charge in [0.15, 0.2) is 0 Å². The quantitative estimate of drug-likeness (QED) is 0.214. The zero-order valence-electron chi connectivity index (χ0n) is 13.3. The lowest BCUT2D eigenvalue weighted by atomic mass is 10.0. The Morgan fingerprint density at radius 2 is 1.05 bits per heavy atom. The van der Waals surface area contributed by atoms with Crippen LogP contribution in [0.4, 0.5) is 0 Å². The summed E-state index contributed by atoms with van der Waals surface area (Å²) in [5.41, 5.74) is 0. The SMILES string of the molecule is CCCCCCCCCCCCC(CCCC)OO. The zero-order chi connectivity index (χ0) is 14.2. The normalized spacial score (nSPS) is 12.8. The standard InChI is InChI=1S/C17H36O2/c1-3-5-7-8-9-10-11-12-13-14-16-17(19-18)15-6-4-2/h17-18H,3-16H2,1-2H3. The van der Waals surface area contributed by atoms with E-state index in [9.17, 15) is 0 Å². The summed E-state index contributed by atoms with van der Waals surface area (Å²) >= 11 is 0. The van der Waals surface area contributed by atoms with E-state index in [4.69, 9.17) is 5.26 Å². The van der Waals surface area contributed by atoms with Crippen molar-refractivity contribution in [2.75, 3.05) is 0 Å². The Kier molecular flexibility index (Phi) is 15.9. The van der Waals surface area contributed by atoms with Crippen molar-refractivity contribution < 1.29 is 10.1 Å². The molecule has 0 saturated heterocycles. The molecule has 0 aliphatic rings. The van der Waals surface area contributed by atoms with Crippen molar-refractivity contribution in [3.63, 3.8) is 0 Å². The molecule has 2 heteroatoms. The molecule has 0 bridgehead atoms. The van der Waals surface area contributed by atoms with E-state index >= 15 is 0 Å². The van der Waals surface area contributed by atoms with Gasteiger partial charge in [-0.2, -0.15) is 0 Å². The van der Waals surface area contributed by atoms with Crippen molar-refractivity contribution in [3.8, 4) is 0 Å². The van der Waals surface area contributed by atoms with Gasteiger partial charge in [-0.1, -0.05) is 90.9 Å². The van der Waals surface area contributed by atoms with Crippen molar-refractivity contribution in [2.45, 2.75) is 110 Å². The second kappa shape index (κ2) is 16.0. The maximum atomic E-state index is 8.80. The topological polar surface area (TPSA) is 29.5 Å². The van der Waals surface area contributed by atoms with Gasteiger partial charge in [0.25, 0.3) is 0 Å². The first-order valence-corrected chi connectivity index (χ1v) is 8.65. The highest BCUT2D eigenvalue weighted by molar-refractivity contribution is 4.57. The fraction of sp³-hybridized carbons (Fsp3) is 1.00. The molecule has 1 atom stereocenters. The lowest BCUT2D eigenvalue weighted by Gasteiger charge is -2.12. The lowest BCUT2D eigenvalue weighted by molar-refractivity contribution is -0.281. The van der Waals surface area contributed by atoms with E-state index in [0.717, 1.165) is 19.3 Å². The van der Waals surface area contributed by atoms with Crippen LogP contribution in [0, 0.1) is 0 Å². The van der Waals surface area contributed by atoms with Gasteiger partial charge in [0.1, 0.15) is 0 Å². The van der Waals surface area contributed by atoms with Crippen LogP contribution in [0.5, 0.6) is 0 Å². The first-order chi connectivity index (χ1) is 9.35. The van der Waals surface area contributed by atoms with Crippen molar-refractivity contribution in [1.29, 1.82) is 0 Å². The molecule has 0 aliphatic carbocycles. The van der Waals surface area contributed by atoms with Crippen molar-refractivity contribution in [3.05, 3.63) is 0 Å². The number of hydrogen-bond acceptors (Lipinski definition) is 2. The maximum Gasteiger partial charge on any atom is 0.0927 e. The molecule has 0 radical (unpaired) electrons. The highest BCUT2D eigenvalue weighted by atomic mass is 17.1. The van der Waals surface area contributed by atoms with Crippen LogP contribution >= 0.6 is 0 Å². The molecule has 116 valence electrons.